The molecule has 0 bridgehead atoms. The molecule has 0 atom stereocenters. The lowest BCUT2D eigenvalue weighted by molar-refractivity contribution is 0.597. The Bertz CT molecular complexity index is 684. The van der Waals surface area contributed by atoms with Gasteiger partial charge in [0.05, 0.1) is 5.69 Å². The van der Waals surface area contributed by atoms with Gasteiger partial charge in [-0.05, 0) is 18.6 Å². The van der Waals surface area contributed by atoms with Crippen molar-refractivity contribution in [1.82, 2.24) is 4.98 Å². The molecule has 100 valence electrons. The molecule has 0 amide bonds. The highest BCUT2D eigenvalue weighted by Crippen LogP contribution is 2.18. The third-order valence-electron chi connectivity index (χ3n) is 2.66. The standard InChI is InChI=1S/C13H15N3O2S/c1-10-3-2-4-11(7-10)8-16-12-5-6-15-9-13(12)19(14,17)18/h2-7,9H,8H2,1H3,(H,15,16)(H2,14,17,18). The number of hydrogen-bond acceptors (Lipinski definition) is 4. The number of nitrogens with two attached hydrogens (primary N) is 1. The first kappa shape index (κ1) is 13.5. The van der Waals surface area contributed by atoms with E-state index >= 15 is 0 Å². The van der Waals surface area contributed by atoms with E-state index in [9.17, 15) is 8.42 Å². The number of nitrogens with zero attached hydrogens (tertiary/aromatic N) is 1. The number of anilines is 1. The lowest BCUT2D eigenvalue weighted by atomic mass is 10.1. The third kappa shape index (κ3) is 3.52. The van der Waals surface area contributed by atoms with E-state index in [0.29, 0.717) is 12.2 Å². The van der Waals surface area contributed by atoms with Crippen LogP contribution in [-0.2, 0) is 16.6 Å². The highest BCUT2D eigenvalue weighted by molar-refractivity contribution is 7.89. The topological polar surface area (TPSA) is 85.1 Å². The molecule has 0 radical (unpaired) electrons. The average molecular weight is 277 g/mol. The van der Waals surface area contributed by atoms with Crippen LogP contribution in [0.5, 0.6) is 0 Å². The zero-order chi connectivity index (χ0) is 13.9. The largest absolute Gasteiger partial charge is 0.380 e. The van der Waals surface area contributed by atoms with Crippen LogP contribution in [0.25, 0.3) is 0 Å². The van der Waals surface area contributed by atoms with Crippen molar-refractivity contribution in [2.24, 2.45) is 5.14 Å². The van der Waals surface area contributed by atoms with Crippen LogP contribution in [0.1, 0.15) is 11.1 Å². The second kappa shape index (κ2) is 5.38. The fourth-order valence-corrected chi connectivity index (χ4v) is 2.43. The normalized spacial score (nSPS) is 11.3. The van der Waals surface area contributed by atoms with Gasteiger partial charge >= 0.3 is 0 Å². The van der Waals surface area contributed by atoms with Gasteiger partial charge in [0.1, 0.15) is 4.90 Å². The van der Waals surface area contributed by atoms with E-state index in [2.05, 4.69) is 10.3 Å². The van der Waals surface area contributed by atoms with Gasteiger partial charge in [-0.15, -0.1) is 0 Å². The van der Waals surface area contributed by atoms with E-state index in [1.807, 2.05) is 31.2 Å². The Balaban J connectivity index is 2.21. The van der Waals surface area contributed by atoms with Gasteiger partial charge in [0.25, 0.3) is 0 Å². The lowest BCUT2D eigenvalue weighted by Gasteiger charge is -2.10. The second-order valence-corrected chi connectivity index (χ2v) is 5.79. The molecule has 2 aromatic rings. The Labute approximate surface area is 112 Å². The van der Waals surface area contributed by atoms with Gasteiger partial charge in [0, 0.05) is 18.9 Å². The Morgan fingerprint density at radius 2 is 2.11 bits per heavy atom. The maximum absolute atomic E-state index is 11.4. The maximum Gasteiger partial charge on any atom is 0.241 e. The first-order chi connectivity index (χ1) is 8.97. The van der Waals surface area contributed by atoms with Gasteiger partial charge in [-0.25, -0.2) is 13.6 Å². The van der Waals surface area contributed by atoms with E-state index in [0.717, 1.165) is 11.1 Å². The molecule has 0 fully saturated rings. The first-order valence-electron chi connectivity index (χ1n) is 5.73. The molecule has 1 aromatic carbocycles. The van der Waals surface area contributed by atoms with Crippen LogP contribution in [0.4, 0.5) is 5.69 Å². The van der Waals surface area contributed by atoms with Gasteiger partial charge in [-0.2, -0.15) is 0 Å². The smallest absolute Gasteiger partial charge is 0.241 e. The summed E-state index contributed by atoms with van der Waals surface area (Å²) in [6, 6.07) is 9.56. The molecule has 0 saturated carbocycles. The van der Waals surface area contributed by atoms with Crippen molar-refractivity contribution in [2.75, 3.05) is 5.32 Å². The Kier molecular flexibility index (Phi) is 3.82. The van der Waals surface area contributed by atoms with Gasteiger partial charge in [-0.3, -0.25) is 4.98 Å². The molecule has 0 spiro atoms. The summed E-state index contributed by atoms with van der Waals surface area (Å²) in [6.07, 6.45) is 2.77. The van der Waals surface area contributed by atoms with Crippen molar-refractivity contribution in [3.8, 4) is 0 Å². The first-order valence-corrected chi connectivity index (χ1v) is 7.28. The summed E-state index contributed by atoms with van der Waals surface area (Å²) in [5.74, 6) is 0. The van der Waals surface area contributed by atoms with Gasteiger partial charge in [-0.1, -0.05) is 29.8 Å². The van der Waals surface area contributed by atoms with Crippen LogP contribution >= 0.6 is 0 Å². The number of aryl methyl sites for hydroxylation is 1. The molecule has 0 saturated heterocycles. The molecular formula is C13H15N3O2S. The monoisotopic (exact) mass is 277 g/mol. The number of rotatable bonds is 4. The minimum atomic E-state index is -3.77. The fourth-order valence-electron chi connectivity index (χ4n) is 1.77. The van der Waals surface area contributed by atoms with Gasteiger partial charge in [0.15, 0.2) is 0 Å². The molecular weight excluding hydrogens is 262 g/mol. The number of hydrogen-bond donors (Lipinski definition) is 2. The average Bonchev–Trinajstić information content (AvgIpc) is 2.36. The van der Waals surface area contributed by atoms with Crippen molar-refractivity contribution in [3.05, 3.63) is 53.9 Å². The predicted molar refractivity (Wildman–Crippen MR) is 74.1 cm³/mol. The van der Waals surface area contributed by atoms with Crippen molar-refractivity contribution < 1.29 is 8.42 Å². The highest BCUT2D eigenvalue weighted by atomic mass is 32.2. The quantitative estimate of drug-likeness (QED) is 0.889. The lowest BCUT2D eigenvalue weighted by Crippen LogP contribution is -2.15. The zero-order valence-electron chi connectivity index (χ0n) is 10.5. The van der Waals surface area contributed by atoms with E-state index in [1.165, 1.54) is 12.4 Å². The molecule has 6 heteroatoms. The molecule has 0 aliphatic rings. The van der Waals surface area contributed by atoms with Crippen molar-refractivity contribution in [2.45, 2.75) is 18.4 Å². The number of primary sulfonamides is 1. The minimum absolute atomic E-state index is 0.00246. The van der Waals surface area contributed by atoms with E-state index in [-0.39, 0.29) is 4.90 Å². The number of aromatic nitrogens is 1. The summed E-state index contributed by atoms with van der Waals surface area (Å²) in [7, 11) is -3.77. The number of nitrogens with one attached hydrogen (secondary N) is 1. The minimum Gasteiger partial charge on any atom is -0.380 e. The molecule has 0 unspecified atom stereocenters. The Morgan fingerprint density at radius 3 is 2.79 bits per heavy atom. The summed E-state index contributed by atoms with van der Waals surface area (Å²) in [4.78, 5) is 3.78. The molecule has 2 rings (SSSR count). The van der Waals surface area contributed by atoms with Crippen LogP contribution in [0.15, 0.2) is 47.6 Å². The number of sulfonamides is 1. The fraction of sp³-hybridized carbons (Fsp3) is 0.154. The van der Waals surface area contributed by atoms with E-state index in [4.69, 9.17) is 5.14 Å². The molecule has 1 heterocycles. The van der Waals surface area contributed by atoms with Crippen LogP contribution in [0.2, 0.25) is 0 Å². The summed E-state index contributed by atoms with van der Waals surface area (Å²) in [5.41, 5.74) is 2.68. The summed E-state index contributed by atoms with van der Waals surface area (Å²) in [6.45, 7) is 2.53. The van der Waals surface area contributed by atoms with Gasteiger partial charge < -0.3 is 5.32 Å². The van der Waals surface area contributed by atoms with Crippen LogP contribution in [0, 0.1) is 6.92 Å². The summed E-state index contributed by atoms with van der Waals surface area (Å²) < 4.78 is 22.8. The van der Waals surface area contributed by atoms with Crippen molar-refractivity contribution >= 4 is 15.7 Å². The van der Waals surface area contributed by atoms with Crippen molar-refractivity contribution in [3.63, 3.8) is 0 Å². The van der Waals surface area contributed by atoms with E-state index in [1.54, 1.807) is 6.07 Å². The zero-order valence-corrected chi connectivity index (χ0v) is 11.3. The predicted octanol–water partition coefficient (Wildman–Crippen LogP) is 1.65. The van der Waals surface area contributed by atoms with E-state index < -0.39 is 10.0 Å². The molecule has 0 aliphatic heterocycles. The van der Waals surface area contributed by atoms with Gasteiger partial charge in [0.2, 0.25) is 10.0 Å². The number of benzene rings is 1. The molecule has 1 aromatic heterocycles. The molecule has 3 N–H and O–H groups in total. The van der Waals surface area contributed by atoms with Crippen LogP contribution in [-0.4, -0.2) is 13.4 Å². The highest BCUT2D eigenvalue weighted by Gasteiger charge is 2.13. The Hall–Kier alpha value is -1.92. The van der Waals surface area contributed by atoms with Crippen LogP contribution in [0.3, 0.4) is 0 Å². The summed E-state index contributed by atoms with van der Waals surface area (Å²) >= 11 is 0. The van der Waals surface area contributed by atoms with Crippen LogP contribution < -0.4 is 10.5 Å². The second-order valence-electron chi connectivity index (χ2n) is 4.26. The third-order valence-corrected chi connectivity index (χ3v) is 3.59. The Morgan fingerprint density at radius 1 is 1.32 bits per heavy atom. The molecule has 5 nitrogen and oxygen atoms in total. The number of pyridine rings is 1. The van der Waals surface area contributed by atoms with Crippen molar-refractivity contribution in [1.29, 1.82) is 0 Å². The molecule has 19 heavy (non-hydrogen) atoms. The summed E-state index contributed by atoms with van der Waals surface area (Å²) in [5, 5.41) is 8.21. The molecule has 0 aliphatic carbocycles. The SMILES string of the molecule is Cc1cccc(CNc2ccncc2S(N)(=O)=O)c1. The maximum atomic E-state index is 11.4.